The summed E-state index contributed by atoms with van der Waals surface area (Å²) in [5.74, 6) is 0. The van der Waals surface area contributed by atoms with Crippen molar-refractivity contribution in [2.45, 2.75) is 6.67 Å². The second-order valence-corrected chi connectivity index (χ2v) is 5.29. The van der Waals surface area contributed by atoms with Crippen LogP contribution in [-0.2, 0) is 26.8 Å². The topological polar surface area (TPSA) is 12.9 Å². The molecule has 1 radical (unpaired) electrons. The average Bonchev–Trinajstić information content (AvgIpc) is 2.61. The van der Waals surface area contributed by atoms with Crippen molar-refractivity contribution in [2.75, 3.05) is 0 Å². The van der Waals surface area contributed by atoms with Gasteiger partial charge in [0, 0.05) is 26.3 Å². The second kappa shape index (κ2) is 6.57. The third kappa shape index (κ3) is 2.78. The van der Waals surface area contributed by atoms with E-state index in [0.29, 0.717) is 5.56 Å². The van der Waals surface area contributed by atoms with Gasteiger partial charge < -0.3 is 4.98 Å². The van der Waals surface area contributed by atoms with Crippen LogP contribution in [0.4, 0.5) is 4.39 Å². The zero-order chi connectivity index (χ0) is 14.9. The van der Waals surface area contributed by atoms with Gasteiger partial charge in [-0.25, -0.2) is 0 Å². The van der Waals surface area contributed by atoms with Crippen LogP contribution in [0, 0.1) is 6.07 Å². The van der Waals surface area contributed by atoms with Gasteiger partial charge in [-0.15, -0.1) is 29.8 Å². The molecular weight excluding hydrogens is 465 g/mol. The number of nitrogens with zero attached hydrogens (tertiary/aromatic N) is 1. The van der Waals surface area contributed by atoms with Crippen LogP contribution in [0.25, 0.3) is 32.8 Å². The average molecular weight is 479 g/mol. The van der Waals surface area contributed by atoms with Gasteiger partial charge in [0.25, 0.3) is 0 Å². The molecule has 4 aromatic rings. The van der Waals surface area contributed by atoms with Crippen molar-refractivity contribution in [2.24, 2.45) is 0 Å². The molecule has 1 aromatic heterocycles. The molecule has 0 aliphatic rings. The van der Waals surface area contributed by atoms with E-state index in [1.807, 2.05) is 30.5 Å². The van der Waals surface area contributed by atoms with Crippen LogP contribution in [0.1, 0.15) is 5.56 Å². The fourth-order valence-electron chi connectivity index (χ4n) is 2.84. The Morgan fingerprint density at radius 1 is 0.870 bits per heavy atom. The van der Waals surface area contributed by atoms with Crippen LogP contribution >= 0.6 is 0 Å². The molecule has 4 rings (SSSR count). The summed E-state index contributed by atoms with van der Waals surface area (Å²) in [4.78, 5) is 4.51. The molecule has 1 nitrogen and oxygen atoms in total. The van der Waals surface area contributed by atoms with Gasteiger partial charge in [0.15, 0.2) is 0 Å². The van der Waals surface area contributed by atoms with Gasteiger partial charge in [-0.3, -0.25) is 4.39 Å². The second-order valence-electron chi connectivity index (χ2n) is 5.29. The largest absolute Gasteiger partial charge is 0.304 e. The maximum absolute atomic E-state index is 12.7. The van der Waals surface area contributed by atoms with Gasteiger partial charge in [0.05, 0.1) is 6.67 Å². The summed E-state index contributed by atoms with van der Waals surface area (Å²) in [6.45, 7) is -0.468. The first kappa shape index (κ1) is 15.8. The van der Waals surface area contributed by atoms with E-state index in [-0.39, 0.29) is 20.1 Å². The molecule has 0 saturated heterocycles. The smallest absolute Gasteiger partial charge is 0.0814 e. The molecule has 0 aliphatic heterocycles. The van der Waals surface area contributed by atoms with Gasteiger partial charge in [0.1, 0.15) is 0 Å². The Morgan fingerprint density at radius 3 is 2.52 bits per heavy atom. The first-order chi connectivity index (χ1) is 10.9. The minimum absolute atomic E-state index is 0. The van der Waals surface area contributed by atoms with Gasteiger partial charge >= 0.3 is 0 Å². The van der Waals surface area contributed by atoms with E-state index in [1.54, 1.807) is 12.1 Å². The minimum Gasteiger partial charge on any atom is -0.304 e. The Balaban J connectivity index is 0.00000156. The molecule has 0 spiro atoms. The van der Waals surface area contributed by atoms with Gasteiger partial charge in [-0.1, -0.05) is 42.0 Å². The molecule has 0 bridgehead atoms. The SMILES string of the molecule is FCc1c[c-]c(-c2nccc3c2ccc2ccccc23)cc1.[Ir]. The molecule has 115 valence electrons. The monoisotopic (exact) mass is 479 g/mol. The molecule has 0 fully saturated rings. The van der Waals surface area contributed by atoms with Crippen molar-refractivity contribution >= 4 is 21.5 Å². The Labute approximate surface area is 147 Å². The molecule has 0 atom stereocenters. The van der Waals surface area contributed by atoms with Crippen LogP contribution in [-0.4, -0.2) is 4.98 Å². The Bertz CT molecular complexity index is 964. The molecule has 0 N–H and O–H groups in total. The standard InChI is InChI=1S/C20H13FN.Ir/c21-13-14-5-7-16(8-6-14)20-19-10-9-15-3-1-2-4-17(15)18(19)11-12-22-20;/h1-7,9-12H,13H2;/q-1;. The number of rotatable bonds is 2. The van der Waals surface area contributed by atoms with Crippen LogP contribution < -0.4 is 0 Å². The fraction of sp³-hybridized carbons (Fsp3) is 0.0500. The van der Waals surface area contributed by atoms with E-state index >= 15 is 0 Å². The van der Waals surface area contributed by atoms with Crippen molar-refractivity contribution in [3.8, 4) is 11.3 Å². The molecule has 0 saturated carbocycles. The number of hydrogen-bond donors (Lipinski definition) is 0. The zero-order valence-corrected chi connectivity index (χ0v) is 14.6. The summed E-state index contributed by atoms with van der Waals surface area (Å²) < 4.78 is 12.7. The van der Waals surface area contributed by atoms with Crippen molar-refractivity contribution < 1.29 is 24.5 Å². The van der Waals surface area contributed by atoms with Crippen molar-refractivity contribution in [3.05, 3.63) is 78.5 Å². The van der Waals surface area contributed by atoms with Gasteiger partial charge in [0.2, 0.25) is 0 Å². The summed E-state index contributed by atoms with van der Waals surface area (Å²) in [5.41, 5.74) is 2.40. The zero-order valence-electron chi connectivity index (χ0n) is 12.2. The predicted molar refractivity (Wildman–Crippen MR) is 88.3 cm³/mol. The number of aromatic nitrogens is 1. The fourth-order valence-corrected chi connectivity index (χ4v) is 2.84. The third-order valence-electron chi connectivity index (χ3n) is 3.96. The van der Waals surface area contributed by atoms with Crippen molar-refractivity contribution in [1.29, 1.82) is 0 Å². The summed E-state index contributed by atoms with van der Waals surface area (Å²) in [6.07, 6.45) is 1.82. The van der Waals surface area contributed by atoms with E-state index in [1.165, 1.54) is 16.2 Å². The maximum Gasteiger partial charge on any atom is 0.0814 e. The molecule has 3 heteroatoms. The number of halogens is 1. The third-order valence-corrected chi connectivity index (χ3v) is 3.96. The summed E-state index contributed by atoms with van der Waals surface area (Å²) in [5, 5.41) is 4.68. The Kier molecular flexibility index (Phi) is 4.51. The predicted octanol–water partition coefficient (Wildman–Crippen LogP) is 5.32. The Hall–Kier alpha value is -2.09. The van der Waals surface area contributed by atoms with Gasteiger partial charge in [-0.2, -0.15) is 0 Å². The van der Waals surface area contributed by atoms with Crippen LogP contribution in [0.5, 0.6) is 0 Å². The Morgan fingerprint density at radius 2 is 1.74 bits per heavy atom. The minimum atomic E-state index is -0.468. The van der Waals surface area contributed by atoms with Crippen LogP contribution in [0.3, 0.4) is 0 Å². The van der Waals surface area contributed by atoms with Crippen molar-refractivity contribution in [1.82, 2.24) is 4.98 Å². The normalized spacial score (nSPS) is 10.7. The number of alkyl halides is 1. The number of hydrogen-bond acceptors (Lipinski definition) is 1. The number of pyridine rings is 1. The van der Waals surface area contributed by atoms with E-state index < -0.39 is 6.67 Å². The molecule has 23 heavy (non-hydrogen) atoms. The first-order valence-corrected chi connectivity index (χ1v) is 7.20. The summed E-state index contributed by atoms with van der Waals surface area (Å²) in [6, 6.07) is 23.1. The molecule has 0 aliphatic carbocycles. The van der Waals surface area contributed by atoms with E-state index in [4.69, 9.17) is 0 Å². The summed E-state index contributed by atoms with van der Waals surface area (Å²) >= 11 is 0. The molecule has 3 aromatic carbocycles. The van der Waals surface area contributed by atoms with E-state index in [9.17, 15) is 4.39 Å². The van der Waals surface area contributed by atoms with E-state index in [2.05, 4.69) is 35.3 Å². The number of fused-ring (bicyclic) bond motifs is 3. The molecule has 0 amide bonds. The first-order valence-electron chi connectivity index (χ1n) is 7.20. The quantitative estimate of drug-likeness (QED) is 0.281. The van der Waals surface area contributed by atoms with Gasteiger partial charge in [-0.05, 0) is 33.3 Å². The number of benzene rings is 3. The van der Waals surface area contributed by atoms with Crippen molar-refractivity contribution in [3.63, 3.8) is 0 Å². The van der Waals surface area contributed by atoms with Crippen LogP contribution in [0.2, 0.25) is 0 Å². The summed E-state index contributed by atoms with van der Waals surface area (Å²) in [7, 11) is 0. The molecular formula is C20H13FIrN-. The molecule has 0 unspecified atom stereocenters. The van der Waals surface area contributed by atoms with Crippen LogP contribution in [0.15, 0.2) is 66.9 Å². The maximum atomic E-state index is 12.7. The van der Waals surface area contributed by atoms with E-state index in [0.717, 1.165) is 16.6 Å². The molecule has 1 heterocycles.